The third-order valence-electron chi connectivity index (χ3n) is 5.07. The second kappa shape index (κ2) is 8.41. The highest BCUT2D eigenvalue weighted by Gasteiger charge is 2.23. The van der Waals surface area contributed by atoms with E-state index in [4.69, 9.17) is 11.6 Å². The lowest BCUT2D eigenvalue weighted by atomic mass is 9.95. The first-order chi connectivity index (χ1) is 13.6. The van der Waals surface area contributed by atoms with Crippen molar-refractivity contribution in [1.82, 2.24) is 5.32 Å². The zero-order valence-electron chi connectivity index (χ0n) is 15.3. The predicted octanol–water partition coefficient (Wildman–Crippen LogP) is 5.49. The number of amides is 2. The van der Waals surface area contributed by atoms with Gasteiger partial charge < -0.3 is 10.6 Å². The molecule has 2 aliphatic rings. The zero-order chi connectivity index (χ0) is 19.5. The van der Waals surface area contributed by atoms with Gasteiger partial charge in [-0.25, -0.2) is 0 Å². The Morgan fingerprint density at radius 2 is 1.93 bits per heavy atom. The van der Waals surface area contributed by atoms with Crippen molar-refractivity contribution in [2.75, 3.05) is 5.32 Å². The molecule has 0 atom stereocenters. The van der Waals surface area contributed by atoms with Gasteiger partial charge in [0.15, 0.2) is 0 Å². The van der Waals surface area contributed by atoms with Crippen LogP contribution in [0.1, 0.15) is 48.0 Å². The Labute approximate surface area is 173 Å². The number of fused-ring (bicyclic) bond motifs is 1. The fourth-order valence-corrected chi connectivity index (χ4v) is 4.66. The van der Waals surface area contributed by atoms with Crippen molar-refractivity contribution in [2.45, 2.75) is 43.0 Å². The Morgan fingerprint density at radius 1 is 1.14 bits per heavy atom. The minimum atomic E-state index is -0.192. The molecule has 0 spiro atoms. The Balaban J connectivity index is 1.52. The van der Waals surface area contributed by atoms with Gasteiger partial charge in [-0.05, 0) is 48.7 Å². The first kappa shape index (κ1) is 19.1. The zero-order valence-corrected chi connectivity index (χ0v) is 16.9. The standard InChI is InChI=1S/C22H21ClN2O2S/c23-17-9-5-4-6-14(17)13-20-22(27)25-18-12-15(10-11-19(18)28-20)21(26)24-16-7-2-1-3-8-16/h4-6,9-13,16H,1-3,7-8H2,(H,24,26)(H,25,27). The smallest absolute Gasteiger partial charge is 0.262 e. The summed E-state index contributed by atoms with van der Waals surface area (Å²) in [5.74, 6) is -0.270. The van der Waals surface area contributed by atoms with Crippen molar-refractivity contribution in [3.63, 3.8) is 0 Å². The fourth-order valence-electron chi connectivity index (χ4n) is 3.55. The molecule has 1 aliphatic carbocycles. The van der Waals surface area contributed by atoms with Crippen LogP contribution in [0.15, 0.2) is 52.3 Å². The van der Waals surface area contributed by atoms with Gasteiger partial charge in [0, 0.05) is 21.5 Å². The number of halogens is 1. The van der Waals surface area contributed by atoms with Crippen LogP contribution in [0.3, 0.4) is 0 Å². The molecule has 2 amide bonds. The maximum absolute atomic E-state index is 12.6. The van der Waals surface area contributed by atoms with Crippen molar-refractivity contribution in [2.24, 2.45) is 0 Å². The van der Waals surface area contributed by atoms with Gasteiger partial charge >= 0.3 is 0 Å². The quantitative estimate of drug-likeness (QED) is 0.655. The van der Waals surface area contributed by atoms with Gasteiger partial charge in [0.25, 0.3) is 11.8 Å². The van der Waals surface area contributed by atoms with Crippen LogP contribution in [0, 0.1) is 0 Å². The van der Waals surface area contributed by atoms with Crippen LogP contribution >= 0.6 is 23.4 Å². The molecule has 0 saturated heterocycles. The number of anilines is 1. The highest BCUT2D eigenvalue weighted by atomic mass is 35.5. The Morgan fingerprint density at radius 3 is 2.71 bits per heavy atom. The van der Waals surface area contributed by atoms with Crippen molar-refractivity contribution in [1.29, 1.82) is 0 Å². The highest BCUT2D eigenvalue weighted by Crippen LogP contribution is 2.39. The molecular weight excluding hydrogens is 392 g/mol. The van der Waals surface area contributed by atoms with Crippen LogP contribution in [-0.4, -0.2) is 17.9 Å². The van der Waals surface area contributed by atoms with Gasteiger partial charge in [-0.15, -0.1) is 0 Å². The Hall–Kier alpha value is -2.24. The molecule has 6 heteroatoms. The van der Waals surface area contributed by atoms with Crippen LogP contribution < -0.4 is 10.6 Å². The van der Waals surface area contributed by atoms with E-state index >= 15 is 0 Å². The number of carbonyl (C=O) groups is 2. The third-order valence-corrected chi connectivity index (χ3v) is 6.51. The average Bonchev–Trinajstić information content (AvgIpc) is 2.70. The lowest BCUT2D eigenvalue weighted by Crippen LogP contribution is -2.36. The van der Waals surface area contributed by atoms with Crippen LogP contribution in [0.4, 0.5) is 5.69 Å². The van der Waals surface area contributed by atoms with E-state index in [2.05, 4.69) is 10.6 Å². The van der Waals surface area contributed by atoms with Gasteiger partial charge in [0.2, 0.25) is 0 Å². The molecule has 0 unspecified atom stereocenters. The van der Waals surface area contributed by atoms with E-state index in [1.165, 1.54) is 31.0 Å². The number of benzene rings is 2. The molecule has 1 fully saturated rings. The predicted molar refractivity (Wildman–Crippen MR) is 115 cm³/mol. The molecule has 1 heterocycles. The van der Waals surface area contributed by atoms with Gasteiger partial charge in [-0.2, -0.15) is 0 Å². The van der Waals surface area contributed by atoms with Gasteiger partial charge in [0.05, 0.1) is 10.6 Å². The van der Waals surface area contributed by atoms with Gasteiger partial charge in [-0.1, -0.05) is 60.8 Å². The van der Waals surface area contributed by atoms with E-state index in [-0.39, 0.29) is 17.9 Å². The number of hydrogen-bond donors (Lipinski definition) is 2. The number of thioether (sulfide) groups is 1. The van der Waals surface area contributed by atoms with Crippen molar-refractivity contribution >= 4 is 46.9 Å². The summed E-state index contributed by atoms with van der Waals surface area (Å²) in [5, 5.41) is 6.61. The summed E-state index contributed by atoms with van der Waals surface area (Å²) in [7, 11) is 0. The molecule has 4 rings (SSSR count). The minimum absolute atomic E-state index is 0.0774. The van der Waals surface area contributed by atoms with Gasteiger partial charge in [-0.3, -0.25) is 9.59 Å². The molecule has 1 aliphatic heterocycles. The topological polar surface area (TPSA) is 58.2 Å². The number of nitrogens with one attached hydrogen (secondary N) is 2. The molecule has 0 bridgehead atoms. The normalized spacial score (nSPS) is 18.5. The second-order valence-corrected chi connectivity index (χ2v) is 8.60. The van der Waals surface area contributed by atoms with Crippen molar-refractivity contribution < 1.29 is 9.59 Å². The van der Waals surface area contributed by atoms with Crippen LogP contribution in [-0.2, 0) is 4.79 Å². The number of hydrogen-bond acceptors (Lipinski definition) is 3. The van der Waals surface area contributed by atoms with E-state index in [0.717, 1.165) is 23.3 Å². The van der Waals surface area contributed by atoms with Gasteiger partial charge in [0.1, 0.15) is 0 Å². The van der Waals surface area contributed by atoms with E-state index in [0.29, 0.717) is 21.2 Å². The van der Waals surface area contributed by atoms with Crippen LogP contribution in [0.2, 0.25) is 5.02 Å². The highest BCUT2D eigenvalue weighted by molar-refractivity contribution is 8.04. The first-order valence-corrected chi connectivity index (χ1v) is 10.7. The molecule has 0 radical (unpaired) electrons. The summed E-state index contributed by atoms with van der Waals surface area (Å²) in [6, 6.07) is 13.1. The summed E-state index contributed by atoms with van der Waals surface area (Å²) in [4.78, 5) is 26.6. The SMILES string of the molecule is O=C1Nc2cc(C(=O)NC3CCCCC3)ccc2SC1=Cc1ccccc1Cl. The fraction of sp³-hybridized carbons (Fsp3) is 0.273. The largest absolute Gasteiger partial charge is 0.349 e. The summed E-state index contributed by atoms with van der Waals surface area (Å²) in [6.45, 7) is 0. The maximum Gasteiger partial charge on any atom is 0.262 e. The van der Waals surface area contributed by atoms with Crippen LogP contribution in [0.25, 0.3) is 6.08 Å². The summed E-state index contributed by atoms with van der Waals surface area (Å²) in [6.07, 6.45) is 7.46. The molecule has 2 aromatic carbocycles. The molecule has 28 heavy (non-hydrogen) atoms. The molecule has 2 N–H and O–H groups in total. The summed E-state index contributed by atoms with van der Waals surface area (Å²) in [5.41, 5.74) is 2.04. The Kier molecular flexibility index (Phi) is 5.74. The molecule has 1 saturated carbocycles. The second-order valence-electron chi connectivity index (χ2n) is 7.11. The molecular formula is C22H21ClN2O2S. The molecule has 4 nitrogen and oxygen atoms in total. The average molecular weight is 413 g/mol. The molecule has 0 aromatic heterocycles. The van der Waals surface area contributed by atoms with E-state index in [1.54, 1.807) is 18.2 Å². The number of rotatable bonds is 3. The minimum Gasteiger partial charge on any atom is -0.349 e. The monoisotopic (exact) mass is 412 g/mol. The Bertz CT molecular complexity index is 951. The third kappa shape index (κ3) is 4.26. The van der Waals surface area contributed by atoms with Crippen molar-refractivity contribution in [3.05, 3.63) is 63.5 Å². The molecule has 144 valence electrons. The lowest BCUT2D eigenvalue weighted by Gasteiger charge is -2.23. The van der Waals surface area contributed by atoms with E-state index in [1.807, 2.05) is 30.3 Å². The van der Waals surface area contributed by atoms with Crippen LogP contribution in [0.5, 0.6) is 0 Å². The molecule has 2 aromatic rings. The van der Waals surface area contributed by atoms with E-state index in [9.17, 15) is 9.59 Å². The maximum atomic E-state index is 12.6. The summed E-state index contributed by atoms with van der Waals surface area (Å²) >= 11 is 7.58. The summed E-state index contributed by atoms with van der Waals surface area (Å²) < 4.78 is 0. The lowest BCUT2D eigenvalue weighted by molar-refractivity contribution is -0.112. The van der Waals surface area contributed by atoms with E-state index < -0.39 is 0 Å². The van der Waals surface area contributed by atoms with Crippen molar-refractivity contribution in [3.8, 4) is 0 Å². The number of carbonyl (C=O) groups excluding carboxylic acids is 2. The first-order valence-electron chi connectivity index (χ1n) is 9.50.